The van der Waals surface area contributed by atoms with E-state index in [1.807, 2.05) is 0 Å². The van der Waals surface area contributed by atoms with Crippen LogP contribution in [0.3, 0.4) is 0 Å². The highest BCUT2D eigenvalue weighted by Gasteiger charge is 2.23. The van der Waals surface area contributed by atoms with Crippen molar-refractivity contribution in [1.29, 1.82) is 0 Å². The Morgan fingerprint density at radius 1 is 1.36 bits per heavy atom. The summed E-state index contributed by atoms with van der Waals surface area (Å²) in [6, 6.07) is 6.28. The molecule has 1 aliphatic carbocycles. The van der Waals surface area contributed by atoms with Gasteiger partial charge in [-0.1, -0.05) is 19.1 Å². The van der Waals surface area contributed by atoms with Crippen molar-refractivity contribution in [1.82, 2.24) is 9.55 Å². The quantitative estimate of drug-likeness (QED) is 0.532. The van der Waals surface area contributed by atoms with Crippen molar-refractivity contribution in [2.75, 3.05) is 0 Å². The number of hydrogen-bond acceptors (Lipinski definition) is 5. The molecule has 0 N–H and O–H groups in total. The number of non-ortho nitro benzene ring substituents is 1. The average molecular weight is 355 g/mol. The Balaban J connectivity index is 1.72. The molecule has 0 fully saturated rings. The van der Waals surface area contributed by atoms with Gasteiger partial charge in [0.15, 0.2) is 0 Å². The van der Waals surface area contributed by atoms with E-state index in [0.717, 1.165) is 35.0 Å². The number of thiophene rings is 1. The second-order valence-electron chi connectivity index (χ2n) is 6.63. The van der Waals surface area contributed by atoms with E-state index < -0.39 is 4.92 Å². The monoisotopic (exact) mass is 355 g/mol. The maximum Gasteiger partial charge on any atom is 0.269 e. The Morgan fingerprint density at radius 3 is 2.84 bits per heavy atom. The van der Waals surface area contributed by atoms with Crippen molar-refractivity contribution in [2.24, 2.45) is 5.92 Å². The summed E-state index contributed by atoms with van der Waals surface area (Å²) >= 11 is 1.64. The predicted molar refractivity (Wildman–Crippen MR) is 97.3 cm³/mol. The summed E-state index contributed by atoms with van der Waals surface area (Å²) < 4.78 is 1.59. The van der Waals surface area contributed by atoms with Crippen LogP contribution in [0.1, 0.15) is 29.3 Å². The lowest BCUT2D eigenvalue weighted by atomic mass is 9.89. The highest BCUT2D eigenvalue weighted by Crippen LogP contribution is 2.35. The van der Waals surface area contributed by atoms with Gasteiger partial charge in [-0.25, -0.2) is 4.98 Å². The van der Waals surface area contributed by atoms with Gasteiger partial charge in [0.1, 0.15) is 4.83 Å². The first-order valence-electron chi connectivity index (χ1n) is 8.26. The van der Waals surface area contributed by atoms with Crippen molar-refractivity contribution < 1.29 is 4.92 Å². The standard InChI is InChI=1S/C18H17N3O3S/c1-11-2-7-14-15(8-11)25-17-16(14)18(22)20(10-19-17)9-12-3-5-13(6-4-12)21(23)24/h3-6,10-11H,2,7-9H2,1H3. The minimum atomic E-state index is -0.428. The Bertz CT molecular complexity index is 1020. The van der Waals surface area contributed by atoms with Gasteiger partial charge < -0.3 is 0 Å². The van der Waals surface area contributed by atoms with E-state index in [9.17, 15) is 14.9 Å². The minimum Gasteiger partial charge on any atom is -0.294 e. The zero-order valence-corrected chi connectivity index (χ0v) is 14.6. The van der Waals surface area contributed by atoms with E-state index in [1.54, 1.807) is 34.4 Å². The predicted octanol–water partition coefficient (Wildman–Crippen LogP) is 3.54. The topological polar surface area (TPSA) is 78.0 Å². The molecule has 1 aromatic carbocycles. The number of nitro groups is 1. The molecular weight excluding hydrogens is 338 g/mol. The van der Waals surface area contributed by atoms with E-state index in [-0.39, 0.29) is 11.2 Å². The summed E-state index contributed by atoms with van der Waals surface area (Å²) in [4.78, 5) is 29.9. The molecule has 4 rings (SSSR count). The molecule has 25 heavy (non-hydrogen) atoms. The molecule has 6 nitrogen and oxygen atoms in total. The molecular formula is C18H17N3O3S. The van der Waals surface area contributed by atoms with Crippen LogP contribution >= 0.6 is 11.3 Å². The van der Waals surface area contributed by atoms with Gasteiger partial charge >= 0.3 is 0 Å². The second-order valence-corrected chi connectivity index (χ2v) is 7.72. The van der Waals surface area contributed by atoms with E-state index in [4.69, 9.17) is 0 Å². The number of aryl methyl sites for hydroxylation is 1. The molecule has 0 spiro atoms. The van der Waals surface area contributed by atoms with Crippen LogP contribution in [0.25, 0.3) is 10.2 Å². The summed E-state index contributed by atoms with van der Waals surface area (Å²) in [6.45, 7) is 2.61. The van der Waals surface area contributed by atoms with Gasteiger partial charge in [0.25, 0.3) is 11.2 Å². The van der Waals surface area contributed by atoms with E-state index in [0.29, 0.717) is 12.5 Å². The summed E-state index contributed by atoms with van der Waals surface area (Å²) in [5.74, 6) is 0.655. The fourth-order valence-corrected chi connectivity index (χ4v) is 4.74. The van der Waals surface area contributed by atoms with Gasteiger partial charge in [0.05, 0.1) is 23.2 Å². The molecule has 2 aromatic heterocycles. The molecule has 7 heteroatoms. The lowest BCUT2D eigenvalue weighted by Crippen LogP contribution is -2.22. The van der Waals surface area contributed by atoms with Crippen molar-refractivity contribution in [2.45, 2.75) is 32.7 Å². The number of nitrogens with zero attached hydrogens (tertiary/aromatic N) is 3. The number of benzene rings is 1. The molecule has 2 heterocycles. The Hall–Kier alpha value is -2.54. The first kappa shape index (κ1) is 16.0. The van der Waals surface area contributed by atoms with Crippen LogP contribution in [0, 0.1) is 16.0 Å². The van der Waals surface area contributed by atoms with Crippen LogP contribution < -0.4 is 5.56 Å². The van der Waals surface area contributed by atoms with Crippen molar-refractivity contribution >= 4 is 27.2 Å². The van der Waals surface area contributed by atoms with E-state index >= 15 is 0 Å². The fraction of sp³-hybridized carbons (Fsp3) is 0.333. The summed E-state index contributed by atoms with van der Waals surface area (Å²) in [5, 5.41) is 11.5. The third-order valence-corrected chi connectivity index (χ3v) is 5.94. The largest absolute Gasteiger partial charge is 0.294 e. The Kier molecular flexibility index (Phi) is 3.88. The molecule has 1 atom stereocenters. The molecule has 0 amide bonds. The van der Waals surface area contributed by atoms with Crippen molar-refractivity contribution in [3.8, 4) is 0 Å². The summed E-state index contributed by atoms with van der Waals surface area (Å²) in [7, 11) is 0. The minimum absolute atomic E-state index is 0.0181. The molecule has 128 valence electrons. The lowest BCUT2D eigenvalue weighted by Gasteiger charge is -2.17. The normalized spacial score (nSPS) is 16.8. The molecule has 0 bridgehead atoms. The van der Waals surface area contributed by atoms with Crippen molar-refractivity contribution in [3.05, 3.63) is 67.1 Å². The fourth-order valence-electron chi connectivity index (χ4n) is 3.40. The summed E-state index contributed by atoms with van der Waals surface area (Å²) in [6.07, 6.45) is 4.65. The zero-order valence-electron chi connectivity index (χ0n) is 13.8. The van der Waals surface area contributed by atoms with Crippen LogP contribution in [-0.4, -0.2) is 14.5 Å². The van der Waals surface area contributed by atoms with Crippen LogP contribution in [0.15, 0.2) is 35.4 Å². The van der Waals surface area contributed by atoms with E-state index in [1.165, 1.54) is 22.6 Å². The van der Waals surface area contributed by atoms with Gasteiger partial charge in [0.2, 0.25) is 0 Å². The van der Waals surface area contributed by atoms with Gasteiger partial charge in [-0.05, 0) is 36.3 Å². The Morgan fingerprint density at radius 2 is 2.12 bits per heavy atom. The smallest absolute Gasteiger partial charge is 0.269 e. The molecule has 0 radical (unpaired) electrons. The molecule has 0 aliphatic heterocycles. The van der Waals surface area contributed by atoms with Crippen molar-refractivity contribution in [3.63, 3.8) is 0 Å². The molecule has 0 saturated heterocycles. The maximum atomic E-state index is 12.9. The first-order valence-corrected chi connectivity index (χ1v) is 9.07. The van der Waals surface area contributed by atoms with Crippen LogP contribution in [0.2, 0.25) is 0 Å². The Labute approximate surface area is 147 Å². The van der Waals surface area contributed by atoms with Gasteiger partial charge in [-0.15, -0.1) is 11.3 Å². The van der Waals surface area contributed by atoms with Gasteiger partial charge in [-0.2, -0.15) is 0 Å². The number of aromatic nitrogens is 2. The highest BCUT2D eigenvalue weighted by molar-refractivity contribution is 7.18. The molecule has 1 aliphatic rings. The number of fused-ring (bicyclic) bond motifs is 3. The lowest BCUT2D eigenvalue weighted by molar-refractivity contribution is -0.384. The average Bonchev–Trinajstić information content (AvgIpc) is 2.96. The first-order chi connectivity index (χ1) is 12.0. The maximum absolute atomic E-state index is 12.9. The highest BCUT2D eigenvalue weighted by atomic mass is 32.1. The van der Waals surface area contributed by atoms with Gasteiger partial charge in [0, 0.05) is 17.0 Å². The summed E-state index contributed by atoms with van der Waals surface area (Å²) in [5.41, 5.74) is 2.04. The van der Waals surface area contributed by atoms with E-state index in [2.05, 4.69) is 11.9 Å². The number of hydrogen-bond donors (Lipinski definition) is 0. The number of nitro benzene ring substituents is 1. The molecule has 3 aromatic rings. The third-order valence-electron chi connectivity index (χ3n) is 4.78. The van der Waals surface area contributed by atoms with Crippen LogP contribution in [-0.2, 0) is 19.4 Å². The molecule has 1 unspecified atom stereocenters. The second kappa shape index (κ2) is 6.07. The molecule has 0 saturated carbocycles. The third kappa shape index (κ3) is 2.84. The SMILES string of the molecule is CC1CCc2c(sc3ncn(Cc4ccc([N+](=O)[O-])cc4)c(=O)c23)C1. The van der Waals surface area contributed by atoms with Gasteiger partial charge in [-0.3, -0.25) is 19.5 Å². The number of rotatable bonds is 3. The van der Waals surface area contributed by atoms with Crippen LogP contribution in [0.5, 0.6) is 0 Å². The zero-order chi connectivity index (χ0) is 17.6. The van der Waals surface area contributed by atoms with Crippen LogP contribution in [0.4, 0.5) is 5.69 Å².